The zero-order chi connectivity index (χ0) is 12.0. The van der Waals surface area contributed by atoms with E-state index in [2.05, 4.69) is 29.5 Å². The van der Waals surface area contributed by atoms with Crippen LogP contribution in [0.3, 0.4) is 0 Å². The third-order valence-electron chi connectivity index (χ3n) is 2.18. The standard InChI is InChI=1S/C12H20FN3/c1-4-15-12-11(13)10(5-6-16-12)8-14-7-9(2)3/h5-6,9,14H,4,7-8H2,1-3H3,(H,15,16). The lowest BCUT2D eigenvalue weighted by Gasteiger charge is -2.10. The molecule has 0 radical (unpaired) electrons. The molecule has 2 N–H and O–H groups in total. The number of halogens is 1. The van der Waals surface area contributed by atoms with Crippen LogP contribution in [-0.2, 0) is 6.54 Å². The summed E-state index contributed by atoms with van der Waals surface area (Å²) in [4.78, 5) is 3.96. The summed E-state index contributed by atoms with van der Waals surface area (Å²) in [7, 11) is 0. The normalized spacial score (nSPS) is 10.8. The maximum atomic E-state index is 13.8. The first-order valence-electron chi connectivity index (χ1n) is 5.73. The van der Waals surface area contributed by atoms with E-state index in [4.69, 9.17) is 0 Å². The zero-order valence-corrected chi connectivity index (χ0v) is 10.2. The summed E-state index contributed by atoms with van der Waals surface area (Å²) in [5.74, 6) is 0.657. The van der Waals surface area contributed by atoms with Crippen molar-refractivity contribution in [2.45, 2.75) is 27.3 Å². The Kier molecular flexibility index (Phi) is 5.19. The monoisotopic (exact) mass is 225 g/mol. The van der Waals surface area contributed by atoms with Gasteiger partial charge in [0.1, 0.15) is 0 Å². The highest BCUT2D eigenvalue weighted by Crippen LogP contribution is 2.14. The first kappa shape index (κ1) is 12.9. The first-order valence-corrected chi connectivity index (χ1v) is 5.73. The fourth-order valence-electron chi connectivity index (χ4n) is 1.41. The Balaban J connectivity index is 2.62. The molecule has 4 heteroatoms. The molecule has 1 heterocycles. The molecule has 0 fully saturated rings. The third-order valence-corrected chi connectivity index (χ3v) is 2.18. The average molecular weight is 225 g/mol. The van der Waals surface area contributed by atoms with Gasteiger partial charge in [-0.15, -0.1) is 0 Å². The molecule has 3 nitrogen and oxygen atoms in total. The number of nitrogens with one attached hydrogen (secondary N) is 2. The summed E-state index contributed by atoms with van der Waals surface area (Å²) in [6.07, 6.45) is 1.63. The second-order valence-corrected chi connectivity index (χ2v) is 4.19. The largest absolute Gasteiger partial charge is 0.368 e. The Hall–Kier alpha value is -1.16. The summed E-state index contributed by atoms with van der Waals surface area (Å²) < 4.78 is 13.8. The van der Waals surface area contributed by atoms with E-state index in [1.54, 1.807) is 12.3 Å². The first-order chi connectivity index (χ1) is 7.65. The highest BCUT2D eigenvalue weighted by atomic mass is 19.1. The van der Waals surface area contributed by atoms with Crippen LogP contribution in [0.2, 0.25) is 0 Å². The van der Waals surface area contributed by atoms with E-state index in [0.717, 1.165) is 6.54 Å². The quantitative estimate of drug-likeness (QED) is 0.780. The van der Waals surface area contributed by atoms with Crippen LogP contribution in [0, 0.1) is 11.7 Å². The predicted octanol–water partition coefficient (Wildman–Crippen LogP) is 2.40. The van der Waals surface area contributed by atoms with Crippen LogP contribution in [0.25, 0.3) is 0 Å². The van der Waals surface area contributed by atoms with Crippen molar-refractivity contribution in [2.24, 2.45) is 5.92 Å². The van der Waals surface area contributed by atoms with Gasteiger partial charge in [-0.25, -0.2) is 9.37 Å². The van der Waals surface area contributed by atoms with Crippen LogP contribution in [0.4, 0.5) is 10.2 Å². The van der Waals surface area contributed by atoms with Gasteiger partial charge in [-0.1, -0.05) is 13.8 Å². The number of rotatable bonds is 6. The van der Waals surface area contributed by atoms with E-state index >= 15 is 0 Å². The van der Waals surface area contributed by atoms with Crippen LogP contribution in [0.15, 0.2) is 12.3 Å². The van der Waals surface area contributed by atoms with Crippen LogP contribution in [0.1, 0.15) is 26.3 Å². The highest BCUT2D eigenvalue weighted by Gasteiger charge is 2.08. The van der Waals surface area contributed by atoms with Crippen LogP contribution in [-0.4, -0.2) is 18.1 Å². The van der Waals surface area contributed by atoms with Gasteiger partial charge < -0.3 is 10.6 Å². The number of nitrogens with zero attached hydrogens (tertiary/aromatic N) is 1. The summed E-state index contributed by atoms with van der Waals surface area (Å²) in [5.41, 5.74) is 0.659. The maximum absolute atomic E-state index is 13.8. The van der Waals surface area contributed by atoms with Gasteiger partial charge in [0.05, 0.1) is 0 Å². The molecule has 0 amide bonds. The fourth-order valence-corrected chi connectivity index (χ4v) is 1.41. The Labute approximate surface area is 96.5 Å². The van der Waals surface area contributed by atoms with E-state index in [1.165, 1.54) is 0 Å². The van der Waals surface area contributed by atoms with Crippen molar-refractivity contribution in [2.75, 3.05) is 18.4 Å². The average Bonchev–Trinajstić information content (AvgIpc) is 2.23. The fraction of sp³-hybridized carbons (Fsp3) is 0.583. The molecule has 0 atom stereocenters. The van der Waals surface area contributed by atoms with Crippen molar-refractivity contribution in [1.29, 1.82) is 0 Å². The molecule has 0 aliphatic rings. The highest BCUT2D eigenvalue weighted by molar-refractivity contribution is 5.39. The number of hydrogen-bond acceptors (Lipinski definition) is 3. The maximum Gasteiger partial charge on any atom is 0.169 e. The Morgan fingerprint density at radius 1 is 1.44 bits per heavy atom. The van der Waals surface area contributed by atoms with Gasteiger partial charge in [0, 0.05) is 24.8 Å². The van der Waals surface area contributed by atoms with Crippen molar-refractivity contribution in [1.82, 2.24) is 10.3 Å². The van der Waals surface area contributed by atoms with E-state index in [9.17, 15) is 4.39 Å². The Morgan fingerprint density at radius 3 is 2.81 bits per heavy atom. The van der Waals surface area contributed by atoms with Crippen LogP contribution < -0.4 is 10.6 Å². The second-order valence-electron chi connectivity index (χ2n) is 4.19. The molecule has 0 aromatic carbocycles. The zero-order valence-electron chi connectivity index (χ0n) is 10.2. The number of hydrogen-bond donors (Lipinski definition) is 2. The molecule has 0 saturated heterocycles. The van der Waals surface area contributed by atoms with Gasteiger partial charge in [0.25, 0.3) is 0 Å². The Morgan fingerprint density at radius 2 is 2.19 bits per heavy atom. The molecule has 0 aliphatic heterocycles. The molecule has 1 aromatic heterocycles. The molecule has 1 aromatic rings. The van der Waals surface area contributed by atoms with Crippen LogP contribution >= 0.6 is 0 Å². The number of pyridine rings is 1. The van der Waals surface area contributed by atoms with Crippen molar-refractivity contribution in [3.63, 3.8) is 0 Å². The van der Waals surface area contributed by atoms with E-state index in [1.807, 2.05) is 6.92 Å². The molecule has 0 spiro atoms. The van der Waals surface area contributed by atoms with Gasteiger partial charge in [-0.3, -0.25) is 0 Å². The minimum absolute atomic E-state index is 0.249. The second kappa shape index (κ2) is 6.43. The van der Waals surface area contributed by atoms with Crippen LogP contribution in [0.5, 0.6) is 0 Å². The summed E-state index contributed by atoms with van der Waals surface area (Å²) >= 11 is 0. The van der Waals surface area contributed by atoms with Crippen molar-refractivity contribution in [3.8, 4) is 0 Å². The minimum atomic E-state index is -0.249. The van der Waals surface area contributed by atoms with Crippen molar-refractivity contribution in [3.05, 3.63) is 23.6 Å². The minimum Gasteiger partial charge on any atom is -0.368 e. The lowest BCUT2D eigenvalue weighted by molar-refractivity contribution is 0.534. The molecule has 0 aliphatic carbocycles. The molecular formula is C12H20FN3. The molecule has 0 unspecified atom stereocenters. The summed E-state index contributed by atoms with van der Waals surface area (Å²) in [6, 6.07) is 1.71. The van der Waals surface area contributed by atoms with E-state index < -0.39 is 0 Å². The molecular weight excluding hydrogens is 205 g/mol. The summed E-state index contributed by atoms with van der Waals surface area (Å²) in [6.45, 7) is 8.28. The van der Waals surface area contributed by atoms with Crippen molar-refractivity contribution < 1.29 is 4.39 Å². The predicted molar refractivity (Wildman–Crippen MR) is 64.9 cm³/mol. The molecule has 16 heavy (non-hydrogen) atoms. The van der Waals surface area contributed by atoms with E-state index in [0.29, 0.717) is 30.4 Å². The number of anilines is 1. The van der Waals surface area contributed by atoms with E-state index in [-0.39, 0.29) is 5.82 Å². The Bertz CT molecular complexity index is 326. The molecule has 90 valence electrons. The van der Waals surface area contributed by atoms with Gasteiger partial charge >= 0.3 is 0 Å². The van der Waals surface area contributed by atoms with Gasteiger partial charge in [0.2, 0.25) is 0 Å². The third kappa shape index (κ3) is 3.77. The van der Waals surface area contributed by atoms with Crippen molar-refractivity contribution >= 4 is 5.82 Å². The number of aromatic nitrogens is 1. The SMILES string of the molecule is CCNc1nccc(CNCC(C)C)c1F. The lowest BCUT2D eigenvalue weighted by Crippen LogP contribution is -2.20. The molecule has 0 saturated carbocycles. The lowest BCUT2D eigenvalue weighted by atomic mass is 10.2. The molecule has 1 rings (SSSR count). The topological polar surface area (TPSA) is 37.0 Å². The smallest absolute Gasteiger partial charge is 0.169 e. The van der Waals surface area contributed by atoms with Gasteiger partial charge in [0.15, 0.2) is 11.6 Å². The van der Waals surface area contributed by atoms with Gasteiger partial charge in [-0.2, -0.15) is 0 Å². The molecule has 0 bridgehead atoms. The summed E-state index contributed by atoms with van der Waals surface area (Å²) in [5, 5.41) is 6.12. The van der Waals surface area contributed by atoms with Gasteiger partial charge in [-0.05, 0) is 25.5 Å².